The zero-order valence-corrected chi connectivity index (χ0v) is 12.4. The van der Waals surface area contributed by atoms with Gasteiger partial charge in [0.1, 0.15) is 5.82 Å². The minimum atomic E-state index is -0.101. The van der Waals surface area contributed by atoms with Gasteiger partial charge in [0.05, 0.1) is 10.7 Å². The van der Waals surface area contributed by atoms with Gasteiger partial charge in [-0.25, -0.2) is 4.98 Å². The van der Waals surface area contributed by atoms with Gasteiger partial charge >= 0.3 is 0 Å². The van der Waals surface area contributed by atoms with Crippen LogP contribution in [0.5, 0.6) is 0 Å². The third-order valence-electron chi connectivity index (χ3n) is 2.78. The molecule has 0 spiro atoms. The van der Waals surface area contributed by atoms with E-state index >= 15 is 0 Å². The van der Waals surface area contributed by atoms with E-state index in [1.165, 1.54) is 0 Å². The first kappa shape index (κ1) is 13.3. The molecule has 0 aliphatic carbocycles. The number of hydrogen-bond acceptors (Lipinski definition) is 2. The molecule has 1 aromatic heterocycles. The normalized spacial score (nSPS) is 10.7. The molecular weight excluding hydrogens is 316 g/mol. The molecule has 1 heterocycles. The van der Waals surface area contributed by atoms with Crippen LogP contribution >= 0.6 is 27.5 Å². The molecule has 5 heteroatoms. The van der Waals surface area contributed by atoms with Gasteiger partial charge in [-0.1, -0.05) is 24.6 Å². The van der Waals surface area contributed by atoms with Gasteiger partial charge in [-0.05, 0) is 41.4 Å². The van der Waals surface area contributed by atoms with Crippen LogP contribution in [-0.4, -0.2) is 9.97 Å². The van der Waals surface area contributed by atoms with Gasteiger partial charge in [0.25, 0.3) is 5.56 Å². The summed E-state index contributed by atoms with van der Waals surface area (Å²) in [5.41, 5.74) is 2.18. The minimum Gasteiger partial charge on any atom is -0.306 e. The number of aromatic amines is 1. The first-order valence-electron chi connectivity index (χ1n) is 5.58. The van der Waals surface area contributed by atoms with Gasteiger partial charge in [-0.2, -0.15) is 0 Å². The third-order valence-corrected chi connectivity index (χ3v) is 4.01. The van der Waals surface area contributed by atoms with Gasteiger partial charge in [0, 0.05) is 15.6 Å². The van der Waals surface area contributed by atoms with Crippen LogP contribution in [-0.2, 0) is 6.42 Å². The first-order valence-corrected chi connectivity index (χ1v) is 6.75. The number of aryl methyl sites for hydroxylation is 1. The van der Waals surface area contributed by atoms with E-state index in [0.29, 0.717) is 16.4 Å². The van der Waals surface area contributed by atoms with Crippen molar-refractivity contribution in [2.75, 3.05) is 0 Å². The second-order valence-corrected chi connectivity index (χ2v) is 5.23. The molecule has 94 valence electrons. The molecule has 1 N–H and O–H groups in total. The van der Waals surface area contributed by atoms with Crippen molar-refractivity contribution in [1.82, 2.24) is 9.97 Å². The molecule has 1 aromatic carbocycles. The van der Waals surface area contributed by atoms with E-state index in [0.717, 1.165) is 22.2 Å². The minimum absolute atomic E-state index is 0.101. The highest BCUT2D eigenvalue weighted by molar-refractivity contribution is 9.10. The lowest BCUT2D eigenvalue weighted by molar-refractivity contribution is 0.955. The molecule has 0 saturated carbocycles. The van der Waals surface area contributed by atoms with Crippen molar-refractivity contribution in [1.29, 1.82) is 0 Å². The van der Waals surface area contributed by atoms with E-state index < -0.39 is 0 Å². The van der Waals surface area contributed by atoms with E-state index in [1.54, 1.807) is 13.0 Å². The van der Waals surface area contributed by atoms with E-state index in [-0.39, 0.29) is 5.56 Å². The molecular formula is C13H12BrClN2O. The van der Waals surface area contributed by atoms with E-state index in [4.69, 9.17) is 11.6 Å². The van der Waals surface area contributed by atoms with Crippen LogP contribution in [0.4, 0.5) is 0 Å². The standard InChI is InChI=1S/C13H12BrClN2O/c1-3-11-7(2)13(18)17-12(16-11)8-4-5-9(14)10(15)6-8/h4-6H,3H2,1-2H3,(H,16,17,18). The predicted molar refractivity (Wildman–Crippen MR) is 77.1 cm³/mol. The highest BCUT2D eigenvalue weighted by Gasteiger charge is 2.08. The Balaban J connectivity index is 2.60. The summed E-state index contributed by atoms with van der Waals surface area (Å²) in [4.78, 5) is 19.0. The average molecular weight is 328 g/mol. The van der Waals surface area contributed by atoms with Crippen LogP contribution in [0, 0.1) is 6.92 Å². The summed E-state index contributed by atoms with van der Waals surface area (Å²) < 4.78 is 0.818. The Labute approximate surface area is 118 Å². The molecule has 0 amide bonds. The number of nitrogens with zero attached hydrogens (tertiary/aromatic N) is 1. The monoisotopic (exact) mass is 326 g/mol. The largest absolute Gasteiger partial charge is 0.306 e. The van der Waals surface area contributed by atoms with Crippen LogP contribution in [0.1, 0.15) is 18.2 Å². The zero-order chi connectivity index (χ0) is 13.3. The lowest BCUT2D eigenvalue weighted by atomic mass is 10.1. The summed E-state index contributed by atoms with van der Waals surface area (Å²) in [6, 6.07) is 5.48. The molecule has 0 fully saturated rings. The van der Waals surface area contributed by atoms with Crippen molar-refractivity contribution in [3.05, 3.63) is 49.3 Å². The van der Waals surface area contributed by atoms with Crippen LogP contribution in [0.25, 0.3) is 11.4 Å². The summed E-state index contributed by atoms with van der Waals surface area (Å²) in [5, 5.41) is 0.591. The van der Waals surface area contributed by atoms with Crippen LogP contribution in [0.15, 0.2) is 27.5 Å². The molecule has 18 heavy (non-hydrogen) atoms. The second-order valence-electron chi connectivity index (χ2n) is 3.97. The molecule has 0 aliphatic heterocycles. The summed E-state index contributed by atoms with van der Waals surface area (Å²) in [6.07, 6.45) is 0.729. The molecule has 0 saturated heterocycles. The molecule has 0 aliphatic rings. The van der Waals surface area contributed by atoms with Crippen molar-refractivity contribution >= 4 is 27.5 Å². The smallest absolute Gasteiger partial charge is 0.254 e. The van der Waals surface area contributed by atoms with Gasteiger partial charge in [0.15, 0.2) is 0 Å². The van der Waals surface area contributed by atoms with Gasteiger partial charge in [-0.3, -0.25) is 4.79 Å². The maximum atomic E-state index is 11.8. The molecule has 2 rings (SSSR count). The summed E-state index contributed by atoms with van der Waals surface area (Å²) >= 11 is 9.37. The number of H-pyrrole nitrogens is 1. The number of nitrogens with one attached hydrogen (secondary N) is 1. The summed E-state index contributed by atoms with van der Waals surface area (Å²) in [5.74, 6) is 0.553. The number of benzene rings is 1. The Hall–Kier alpha value is -1.13. The van der Waals surface area contributed by atoms with E-state index in [9.17, 15) is 4.79 Å². The van der Waals surface area contributed by atoms with Crippen molar-refractivity contribution < 1.29 is 0 Å². The second kappa shape index (κ2) is 5.24. The number of halogens is 2. The van der Waals surface area contributed by atoms with Crippen LogP contribution in [0.2, 0.25) is 5.02 Å². The third kappa shape index (κ3) is 2.49. The SMILES string of the molecule is CCc1nc(-c2ccc(Br)c(Cl)c2)[nH]c(=O)c1C. The molecule has 3 nitrogen and oxygen atoms in total. The van der Waals surface area contributed by atoms with Gasteiger partial charge < -0.3 is 4.98 Å². The molecule has 0 unspecified atom stereocenters. The summed E-state index contributed by atoms with van der Waals surface area (Å²) in [7, 11) is 0. The average Bonchev–Trinajstić information content (AvgIpc) is 2.36. The van der Waals surface area contributed by atoms with Crippen molar-refractivity contribution in [3.8, 4) is 11.4 Å². The highest BCUT2D eigenvalue weighted by atomic mass is 79.9. The van der Waals surface area contributed by atoms with Crippen molar-refractivity contribution in [3.63, 3.8) is 0 Å². The fraction of sp³-hybridized carbons (Fsp3) is 0.231. The van der Waals surface area contributed by atoms with Gasteiger partial charge in [0.2, 0.25) is 0 Å². The Morgan fingerprint density at radius 1 is 1.44 bits per heavy atom. The Kier molecular flexibility index (Phi) is 3.88. The van der Waals surface area contributed by atoms with E-state index in [2.05, 4.69) is 25.9 Å². The molecule has 0 bridgehead atoms. The quantitative estimate of drug-likeness (QED) is 0.913. The molecule has 0 radical (unpaired) electrons. The highest BCUT2D eigenvalue weighted by Crippen LogP contribution is 2.27. The van der Waals surface area contributed by atoms with Crippen molar-refractivity contribution in [2.24, 2.45) is 0 Å². The number of rotatable bonds is 2. The fourth-order valence-electron chi connectivity index (χ4n) is 1.70. The Morgan fingerprint density at radius 2 is 2.17 bits per heavy atom. The van der Waals surface area contributed by atoms with Gasteiger partial charge in [-0.15, -0.1) is 0 Å². The summed E-state index contributed by atoms with van der Waals surface area (Å²) in [6.45, 7) is 3.76. The maximum Gasteiger partial charge on any atom is 0.254 e. The Bertz CT molecular complexity index is 652. The predicted octanol–water partition coefficient (Wildman–Crippen LogP) is 3.72. The Morgan fingerprint density at radius 3 is 2.78 bits per heavy atom. The molecule has 2 aromatic rings. The number of aromatic nitrogens is 2. The topological polar surface area (TPSA) is 45.8 Å². The zero-order valence-electron chi connectivity index (χ0n) is 10.1. The lowest BCUT2D eigenvalue weighted by Crippen LogP contribution is -2.15. The van der Waals surface area contributed by atoms with E-state index in [1.807, 2.05) is 19.1 Å². The van der Waals surface area contributed by atoms with Crippen molar-refractivity contribution in [2.45, 2.75) is 20.3 Å². The number of hydrogen-bond donors (Lipinski definition) is 1. The van der Waals surface area contributed by atoms with Crippen LogP contribution in [0.3, 0.4) is 0 Å². The maximum absolute atomic E-state index is 11.8. The fourth-order valence-corrected chi connectivity index (χ4v) is 2.13. The first-order chi connectivity index (χ1) is 8.52. The van der Waals surface area contributed by atoms with Crippen LogP contribution < -0.4 is 5.56 Å². The lowest BCUT2D eigenvalue weighted by Gasteiger charge is -2.07. The molecule has 0 atom stereocenters.